The molecular formula is C37H67NO8. The van der Waals surface area contributed by atoms with Crippen molar-refractivity contribution in [2.45, 2.75) is 179 Å². The quantitative estimate of drug-likeness (QED) is 0.0461. The molecule has 7 atom stereocenters. The number of carbonyl (C=O) groups is 1. The summed E-state index contributed by atoms with van der Waals surface area (Å²) in [5.74, 6) is -0.198. The number of aliphatic hydroxyl groups excluding tert-OH is 5. The summed E-state index contributed by atoms with van der Waals surface area (Å²) >= 11 is 0. The molecule has 0 aliphatic carbocycles. The summed E-state index contributed by atoms with van der Waals surface area (Å²) in [5, 5.41) is 53.7. The van der Waals surface area contributed by atoms with Crippen molar-refractivity contribution in [3.63, 3.8) is 0 Å². The zero-order valence-corrected chi connectivity index (χ0v) is 28.8. The molecule has 1 amide bonds. The van der Waals surface area contributed by atoms with Gasteiger partial charge in [0, 0.05) is 6.42 Å². The highest BCUT2D eigenvalue weighted by molar-refractivity contribution is 5.76. The van der Waals surface area contributed by atoms with Crippen molar-refractivity contribution in [1.29, 1.82) is 0 Å². The average Bonchev–Trinajstić information content (AvgIpc) is 3.05. The van der Waals surface area contributed by atoms with Crippen LogP contribution in [-0.4, -0.2) is 87.5 Å². The summed E-state index contributed by atoms with van der Waals surface area (Å²) in [7, 11) is 0. The number of hydrogen-bond donors (Lipinski definition) is 6. The highest BCUT2D eigenvalue weighted by Gasteiger charge is 2.44. The van der Waals surface area contributed by atoms with Gasteiger partial charge in [0.2, 0.25) is 5.91 Å². The zero-order chi connectivity index (χ0) is 33.8. The summed E-state index contributed by atoms with van der Waals surface area (Å²) in [6.07, 6.45) is 24.8. The predicted molar refractivity (Wildman–Crippen MR) is 184 cm³/mol. The van der Waals surface area contributed by atoms with Gasteiger partial charge in [0.25, 0.3) is 0 Å². The SMILES string of the molecule is CCCCCC/C=C/CC/C=C/CC/C=C/C(O)C(COC1OC(CO)C(O)C(O)C1O)NC(=O)CCCCCCCCCCC. The van der Waals surface area contributed by atoms with Gasteiger partial charge in [-0.15, -0.1) is 0 Å². The standard InChI is InChI=1S/C37H67NO8/c1-3-5-7-9-11-13-14-15-16-17-19-20-22-24-26-31(40)30(29-45-37-36(44)35(43)34(42)32(28-39)46-37)38-33(41)27-25-23-21-18-12-10-8-6-4-2/h13-14,17,19,24,26,30-32,34-37,39-40,42-44H,3-12,15-16,18,20-23,25,27-29H2,1-2H3,(H,38,41)/b14-13+,19-17+,26-24+. The smallest absolute Gasteiger partial charge is 0.220 e. The zero-order valence-electron chi connectivity index (χ0n) is 28.8. The van der Waals surface area contributed by atoms with Gasteiger partial charge >= 0.3 is 0 Å². The second-order valence-electron chi connectivity index (χ2n) is 12.6. The second kappa shape index (κ2) is 28.4. The molecule has 7 unspecified atom stereocenters. The van der Waals surface area contributed by atoms with E-state index >= 15 is 0 Å². The number of carbonyl (C=O) groups excluding carboxylic acids is 1. The summed E-state index contributed by atoms with van der Waals surface area (Å²) in [4.78, 5) is 12.8. The molecule has 9 heteroatoms. The molecule has 1 rings (SSSR count). The molecule has 268 valence electrons. The average molecular weight is 654 g/mol. The van der Waals surface area contributed by atoms with Gasteiger partial charge in [0.15, 0.2) is 6.29 Å². The third-order valence-electron chi connectivity index (χ3n) is 8.45. The molecule has 1 fully saturated rings. The van der Waals surface area contributed by atoms with Gasteiger partial charge in [0.05, 0.1) is 25.4 Å². The summed E-state index contributed by atoms with van der Waals surface area (Å²) < 4.78 is 11.1. The first-order valence-electron chi connectivity index (χ1n) is 18.2. The van der Waals surface area contributed by atoms with Crippen LogP contribution in [0.5, 0.6) is 0 Å². The molecule has 9 nitrogen and oxygen atoms in total. The molecular weight excluding hydrogens is 586 g/mol. The molecule has 0 radical (unpaired) electrons. The minimum absolute atomic E-state index is 0.198. The van der Waals surface area contributed by atoms with Crippen LogP contribution in [0.2, 0.25) is 0 Å². The topological polar surface area (TPSA) is 149 Å². The Kier molecular flexibility index (Phi) is 26.2. The molecule has 1 saturated heterocycles. The fourth-order valence-electron chi connectivity index (χ4n) is 5.42. The Morgan fingerprint density at radius 2 is 1.24 bits per heavy atom. The second-order valence-corrected chi connectivity index (χ2v) is 12.6. The highest BCUT2D eigenvalue weighted by atomic mass is 16.7. The van der Waals surface area contributed by atoms with E-state index < -0.39 is 49.5 Å². The first kappa shape index (κ1) is 42.4. The van der Waals surface area contributed by atoms with E-state index in [9.17, 15) is 30.3 Å². The molecule has 0 aromatic heterocycles. The van der Waals surface area contributed by atoms with Crippen LogP contribution < -0.4 is 5.32 Å². The van der Waals surface area contributed by atoms with Crippen LogP contribution in [0.1, 0.15) is 136 Å². The molecule has 0 saturated carbocycles. The maximum absolute atomic E-state index is 12.8. The van der Waals surface area contributed by atoms with Crippen LogP contribution in [0, 0.1) is 0 Å². The highest BCUT2D eigenvalue weighted by Crippen LogP contribution is 2.22. The van der Waals surface area contributed by atoms with Crippen molar-refractivity contribution in [1.82, 2.24) is 5.32 Å². The van der Waals surface area contributed by atoms with E-state index in [1.54, 1.807) is 6.08 Å². The van der Waals surface area contributed by atoms with Crippen molar-refractivity contribution in [2.24, 2.45) is 0 Å². The number of rotatable bonds is 28. The van der Waals surface area contributed by atoms with Crippen LogP contribution in [0.3, 0.4) is 0 Å². The van der Waals surface area contributed by atoms with Crippen molar-refractivity contribution in [2.75, 3.05) is 13.2 Å². The molecule has 1 heterocycles. The van der Waals surface area contributed by atoms with Gasteiger partial charge in [-0.3, -0.25) is 4.79 Å². The van der Waals surface area contributed by atoms with Gasteiger partial charge in [0.1, 0.15) is 24.4 Å². The van der Waals surface area contributed by atoms with E-state index in [1.165, 1.54) is 64.2 Å². The predicted octanol–water partition coefficient (Wildman–Crippen LogP) is 5.77. The Labute approximate surface area is 279 Å². The van der Waals surface area contributed by atoms with Crippen molar-refractivity contribution in [3.8, 4) is 0 Å². The number of amides is 1. The molecule has 1 aliphatic rings. The summed E-state index contributed by atoms with van der Waals surface area (Å²) in [5.41, 5.74) is 0. The van der Waals surface area contributed by atoms with Gasteiger partial charge in [-0.25, -0.2) is 0 Å². The molecule has 0 bridgehead atoms. The van der Waals surface area contributed by atoms with Crippen LogP contribution in [0.4, 0.5) is 0 Å². The van der Waals surface area contributed by atoms with E-state index in [2.05, 4.69) is 43.5 Å². The maximum atomic E-state index is 12.8. The van der Waals surface area contributed by atoms with Gasteiger partial charge < -0.3 is 40.3 Å². The van der Waals surface area contributed by atoms with Gasteiger partial charge in [-0.1, -0.05) is 121 Å². The Hall–Kier alpha value is -1.59. The molecule has 46 heavy (non-hydrogen) atoms. The molecule has 6 N–H and O–H groups in total. The Morgan fingerprint density at radius 1 is 0.717 bits per heavy atom. The van der Waals surface area contributed by atoms with Crippen molar-refractivity contribution >= 4 is 5.91 Å². The lowest BCUT2D eigenvalue weighted by Gasteiger charge is -2.40. The Balaban J connectivity index is 2.54. The summed E-state index contributed by atoms with van der Waals surface area (Å²) in [6.45, 7) is 3.66. The first-order valence-corrected chi connectivity index (χ1v) is 18.2. The van der Waals surface area contributed by atoms with Gasteiger partial charge in [-0.05, 0) is 44.9 Å². The van der Waals surface area contributed by atoms with E-state index in [0.29, 0.717) is 6.42 Å². The van der Waals surface area contributed by atoms with Crippen LogP contribution in [-0.2, 0) is 14.3 Å². The fraction of sp³-hybridized carbons (Fsp3) is 0.811. The first-order chi connectivity index (χ1) is 22.3. The van der Waals surface area contributed by atoms with Crippen LogP contribution >= 0.6 is 0 Å². The van der Waals surface area contributed by atoms with Gasteiger partial charge in [-0.2, -0.15) is 0 Å². The largest absolute Gasteiger partial charge is 0.394 e. The number of unbranched alkanes of at least 4 members (excludes halogenated alkanes) is 14. The van der Waals surface area contributed by atoms with E-state index in [1.807, 2.05) is 6.08 Å². The van der Waals surface area contributed by atoms with E-state index in [0.717, 1.165) is 51.4 Å². The Bertz CT molecular complexity index is 817. The monoisotopic (exact) mass is 653 g/mol. The third-order valence-corrected chi connectivity index (χ3v) is 8.45. The molecule has 1 aliphatic heterocycles. The number of ether oxygens (including phenoxy) is 2. The molecule has 0 spiro atoms. The third kappa shape index (κ3) is 19.9. The van der Waals surface area contributed by atoms with E-state index in [-0.39, 0.29) is 12.5 Å². The number of aliphatic hydroxyl groups is 5. The fourth-order valence-corrected chi connectivity index (χ4v) is 5.42. The van der Waals surface area contributed by atoms with Crippen molar-refractivity contribution in [3.05, 3.63) is 36.5 Å². The molecule has 0 aromatic rings. The maximum Gasteiger partial charge on any atom is 0.220 e. The minimum atomic E-state index is -1.57. The lowest BCUT2D eigenvalue weighted by atomic mass is 9.99. The van der Waals surface area contributed by atoms with Crippen LogP contribution in [0.25, 0.3) is 0 Å². The lowest BCUT2D eigenvalue weighted by Crippen LogP contribution is -2.60. The number of allylic oxidation sites excluding steroid dienone is 5. The van der Waals surface area contributed by atoms with Crippen LogP contribution in [0.15, 0.2) is 36.5 Å². The number of hydrogen-bond acceptors (Lipinski definition) is 8. The number of nitrogens with one attached hydrogen (secondary N) is 1. The summed E-state index contributed by atoms with van der Waals surface area (Å²) in [6, 6.07) is -0.820. The molecule has 0 aromatic carbocycles. The van der Waals surface area contributed by atoms with E-state index in [4.69, 9.17) is 9.47 Å². The lowest BCUT2D eigenvalue weighted by molar-refractivity contribution is -0.302. The Morgan fingerprint density at radius 3 is 1.83 bits per heavy atom. The van der Waals surface area contributed by atoms with Crippen molar-refractivity contribution < 1.29 is 39.8 Å². The normalized spacial score (nSPS) is 23.5. The minimum Gasteiger partial charge on any atom is -0.394 e.